The summed E-state index contributed by atoms with van der Waals surface area (Å²) in [4.78, 5) is 27.9. The van der Waals surface area contributed by atoms with Gasteiger partial charge in [-0.25, -0.2) is 0 Å². The summed E-state index contributed by atoms with van der Waals surface area (Å²) in [5.74, 6) is 0.757. The van der Waals surface area contributed by atoms with Gasteiger partial charge in [-0.15, -0.1) is 0 Å². The minimum absolute atomic E-state index is 0.0362. The molecule has 160 valence electrons. The molecular formula is C24H30N2O4. The predicted octanol–water partition coefficient (Wildman–Crippen LogP) is 3.39. The van der Waals surface area contributed by atoms with Crippen LogP contribution in [0.5, 0.6) is 11.5 Å². The molecule has 1 N–H and O–H groups in total. The number of ether oxygens (including phenoxy) is 2. The lowest BCUT2D eigenvalue weighted by atomic mass is 9.87. The van der Waals surface area contributed by atoms with E-state index in [4.69, 9.17) is 9.47 Å². The molecule has 0 aliphatic carbocycles. The number of likely N-dealkylation sites (tertiary alicyclic amines) is 1. The average Bonchev–Trinajstić information content (AvgIpc) is 3.22. The van der Waals surface area contributed by atoms with Gasteiger partial charge in [-0.3, -0.25) is 9.59 Å². The summed E-state index contributed by atoms with van der Waals surface area (Å²) in [6.45, 7) is 5.44. The third-order valence-corrected chi connectivity index (χ3v) is 5.63. The highest BCUT2D eigenvalue weighted by atomic mass is 16.5. The summed E-state index contributed by atoms with van der Waals surface area (Å²) >= 11 is 0. The first-order valence-corrected chi connectivity index (χ1v) is 10.3. The number of hydrogen-bond donors (Lipinski definition) is 1. The van der Waals surface area contributed by atoms with Crippen molar-refractivity contribution >= 4 is 11.8 Å². The highest BCUT2D eigenvalue weighted by Crippen LogP contribution is 2.40. The van der Waals surface area contributed by atoms with Gasteiger partial charge in [0.25, 0.3) is 5.91 Å². The first kappa shape index (κ1) is 21.7. The molecule has 0 bridgehead atoms. The fraction of sp³-hybridized carbons (Fsp3) is 0.417. The van der Waals surface area contributed by atoms with Gasteiger partial charge >= 0.3 is 0 Å². The zero-order valence-corrected chi connectivity index (χ0v) is 18.1. The summed E-state index contributed by atoms with van der Waals surface area (Å²) in [5.41, 5.74) is 2.61. The van der Waals surface area contributed by atoms with Gasteiger partial charge in [0.05, 0.1) is 20.1 Å². The van der Waals surface area contributed by atoms with Crippen LogP contribution in [0.3, 0.4) is 0 Å². The van der Waals surface area contributed by atoms with Crippen LogP contribution in [0.1, 0.15) is 40.7 Å². The molecule has 1 aliphatic heterocycles. The monoisotopic (exact) mass is 410 g/mol. The van der Waals surface area contributed by atoms with E-state index in [0.29, 0.717) is 36.7 Å². The van der Waals surface area contributed by atoms with Gasteiger partial charge in [0.15, 0.2) is 0 Å². The molecule has 6 heteroatoms. The van der Waals surface area contributed by atoms with Crippen LogP contribution >= 0.6 is 0 Å². The third-order valence-electron chi connectivity index (χ3n) is 5.63. The maximum absolute atomic E-state index is 13.1. The molecule has 2 atom stereocenters. The molecule has 1 fully saturated rings. The number of carbonyl (C=O) groups is 2. The van der Waals surface area contributed by atoms with Gasteiger partial charge in [-0.05, 0) is 43.7 Å². The number of benzene rings is 2. The first-order valence-electron chi connectivity index (χ1n) is 10.3. The van der Waals surface area contributed by atoms with E-state index in [0.717, 1.165) is 17.5 Å². The van der Waals surface area contributed by atoms with E-state index in [-0.39, 0.29) is 23.7 Å². The predicted molar refractivity (Wildman–Crippen MR) is 116 cm³/mol. The van der Waals surface area contributed by atoms with Crippen LogP contribution in [0.2, 0.25) is 0 Å². The largest absolute Gasteiger partial charge is 0.497 e. The Kier molecular flexibility index (Phi) is 6.98. The van der Waals surface area contributed by atoms with E-state index in [9.17, 15) is 9.59 Å². The SMILES string of the molecule is CCCNC(=O)C1CN(C(=O)c2ccc(C)cc2)CC1c1cc(OC)ccc1OC. The molecule has 3 rings (SSSR count). The quantitative estimate of drug-likeness (QED) is 0.760. The third kappa shape index (κ3) is 4.58. The molecule has 6 nitrogen and oxygen atoms in total. The molecule has 30 heavy (non-hydrogen) atoms. The summed E-state index contributed by atoms with van der Waals surface area (Å²) in [7, 11) is 3.22. The van der Waals surface area contributed by atoms with Crippen molar-refractivity contribution in [2.75, 3.05) is 33.9 Å². The minimum atomic E-state index is -0.355. The van der Waals surface area contributed by atoms with E-state index in [1.807, 2.05) is 56.3 Å². The van der Waals surface area contributed by atoms with Crippen molar-refractivity contribution in [1.82, 2.24) is 10.2 Å². The Morgan fingerprint density at radius 2 is 1.80 bits per heavy atom. The molecule has 0 aromatic heterocycles. The fourth-order valence-corrected chi connectivity index (χ4v) is 3.94. The summed E-state index contributed by atoms with van der Waals surface area (Å²) in [6.07, 6.45) is 0.859. The summed E-state index contributed by atoms with van der Waals surface area (Å²) in [6, 6.07) is 13.1. The molecule has 0 spiro atoms. The number of nitrogens with zero attached hydrogens (tertiary/aromatic N) is 1. The van der Waals surface area contributed by atoms with Gasteiger partial charge in [-0.1, -0.05) is 24.6 Å². The number of carbonyl (C=O) groups excluding carboxylic acids is 2. The zero-order valence-electron chi connectivity index (χ0n) is 18.1. The molecule has 1 aliphatic rings. The fourth-order valence-electron chi connectivity index (χ4n) is 3.94. The minimum Gasteiger partial charge on any atom is -0.497 e. The Morgan fingerprint density at radius 3 is 2.43 bits per heavy atom. The van der Waals surface area contributed by atoms with Gasteiger partial charge < -0.3 is 19.7 Å². The molecule has 0 saturated carbocycles. The van der Waals surface area contributed by atoms with Gasteiger partial charge in [0, 0.05) is 36.7 Å². The molecule has 2 amide bonds. The highest BCUT2D eigenvalue weighted by Gasteiger charge is 2.41. The van der Waals surface area contributed by atoms with Gasteiger partial charge in [-0.2, -0.15) is 0 Å². The number of nitrogens with one attached hydrogen (secondary N) is 1. The van der Waals surface area contributed by atoms with Crippen molar-refractivity contribution in [2.45, 2.75) is 26.2 Å². The van der Waals surface area contributed by atoms with Crippen LogP contribution in [-0.4, -0.2) is 50.6 Å². The van der Waals surface area contributed by atoms with Crippen LogP contribution in [0, 0.1) is 12.8 Å². The second-order valence-electron chi connectivity index (χ2n) is 7.69. The molecule has 2 aromatic carbocycles. The number of methoxy groups -OCH3 is 2. The van der Waals surface area contributed by atoms with Crippen molar-refractivity contribution in [3.63, 3.8) is 0 Å². The van der Waals surface area contributed by atoms with E-state index < -0.39 is 0 Å². The Labute approximate surface area is 178 Å². The van der Waals surface area contributed by atoms with Crippen LogP contribution in [0.15, 0.2) is 42.5 Å². The Bertz CT molecular complexity index is 895. The van der Waals surface area contributed by atoms with Gasteiger partial charge in [0.2, 0.25) is 5.91 Å². The van der Waals surface area contributed by atoms with Crippen molar-refractivity contribution in [1.29, 1.82) is 0 Å². The number of aryl methyl sites for hydroxylation is 1. The van der Waals surface area contributed by atoms with E-state index in [1.54, 1.807) is 19.1 Å². The average molecular weight is 411 g/mol. The molecular weight excluding hydrogens is 380 g/mol. The van der Waals surface area contributed by atoms with Crippen LogP contribution in [-0.2, 0) is 4.79 Å². The van der Waals surface area contributed by atoms with E-state index in [1.165, 1.54) is 0 Å². The van der Waals surface area contributed by atoms with Crippen molar-refractivity contribution in [3.8, 4) is 11.5 Å². The van der Waals surface area contributed by atoms with E-state index >= 15 is 0 Å². The number of amides is 2. The first-order chi connectivity index (χ1) is 14.5. The summed E-state index contributed by atoms with van der Waals surface area (Å²) < 4.78 is 11.0. The molecule has 1 saturated heterocycles. The highest BCUT2D eigenvalue weighted by molar-refractivity contribution is 5.95. The number of hydrogen-bond acceptors (Lipinski definition) is 4. The van der Waals surface area contributed by atoms with Crippen molar-refractivity contribution in [2.24, 2.45) is 5.92 Å². The van der Waals surface area contributed by atoms with Crippen molar-refractivity contribution < 1.29 is 19.1 Å². The second kappa shape index (κ2) is 9.65. The zero-order chi connectivity index (χ0) is 21.7. The molecule has 1 heterocycles. The normalized spacial score (nSPS) is 18.2. The lowest BCUT2D eigenvalue weighted by Crippen LogP contribution is -2.36. The lowest BCUT2D eigenvalue weighted by Gasteiger charge is -2.21. The van der Waals surface area contributed by atoms with Crippen molar-refractivity contribution in [3.05, 3.63) is 59.2 Å². The maximum Gasteiger partial charge on any atom is 0.253 e. The molecule has 2 aromatic rings. The van der Waals surface area contributed by atoms with Crippen LogP contribution in [0.25, 0.3) is 0 Å². The van der Waals surface area contributed by atoms with Crippen LogP contribution in [0.4, 0.5) is 0 Å². The Hall–Kier alpha value is -3.02. The molecule has 0 radical (unpaired) electrons. The second-order valence-corrected chi connectivity index (χ2v) is 7.69. The van der Waals surface area contributed by atoms with Gasteiger partial charge in [0.1, 0.15) is 11.5 Å². The molecule has 2 unspecified atom stereocenters. The standard InChI is InChI=1S/C24H30N2O4/c1-5-12-25-23(27)21-15-26(24(28)17-8-6-16(2)7-9-17)14-20(21)19-13-18(29-3)10-11-22(19)30-4/h6-11,13,20-21H,5,12,14-15H2,1-4H3,(H,25,27). The smallest absolute Gasteiger partial charge is 0.253 e. The Morgan fingerprint density at radius 1 is 1.07 bits per heavy atom. The summed E-state index contributed by atoms with van der Waals surface area (Å²) in [5, 5.41) is 3.00. The number of rotatable bonds is 7. The van der Waals surface area contributed by atoms with E-state index in [2.05, 4.69) is 5.32 Å². The topological polar surface area (TPSA) is 67.9 Å². The maximum atomic E-state index is 13.1. The lowest BCUT2D eigenvalue weighted by molar-refractivity contribution is -0.124. The van der Waals surface area contributed by atoms with Crippen LogP contribution < -0.4 is 14.8 Å². The Balaban J connectivity index is 1.93.